The summed E-state index contributed by atoms with van der Waals surface area (Å²) >= 11 is 0. The SMILES string of the molecule is COC(=O)c1ccc(CN2CCN(C(=O)Cc3ccc(F)cc3)CC2)cc1. The van der Waals surface area contributed by atoms with Crippen molar-refractivity contribution in [2.24, 2.45) is 0 Å². The summed E-state index contributed by atoms with van der Waals surface area (Å²) in [5.41, 5.74) is 2.49. The van der Waals surface area contributed by atoms with Crippen LogP contribution in [-0.2, 0) is 22.5 Å². The molecule has 0 aliphatic carbocycles. The van der Waals surface area contributed by atoms with Crippen LogP contribution in [0.15, 0.2) is 48.5 Å². The third kappa shape index (κ3) is 5.14. The standard InChI is InChI=1S/C21H23FN2O3/c1-27-21(26)18-6-2-17(3-7-18)15-23-10-12-24(13-11-23)20(25)14-16-4-8-19(22)9-5-16/h2-9H,10-15H2,1H3. The fourth-order valence-electron chi connectivity index (χ4n) is 3.17. The number of piperazine rings is 1. The Morgan fingerprint density at radius 1 is 0.926 bits per heavy atom. The predicted molar refractivity (Wildman–Crippen MR) is 99.7 cm³/mol. The first-order valence-corrected chi connectivity index (χ1v) is 8.97. The van der Waals surface area contributed by atoms with E-state index in [4.69, 9.17) is 4.74 Å². The molecular weight excluding hydrogens is 347 g/mol. The topological polar surface area (TPSA) is 49.9 Å². The maximum absolute atomic E-state index is 13.0. The van der Waals surface area contributed by atoms with Crippen LogP contribution in [0.25, 0.3) is 0 Å². The van der Waals surface area contributed by atoms with E-state index in [1.165, 1.54) is 19.2 Å². The average Bonchev–Trinajstić information content (AvgIpc) is 2.70. The number of methoxy groups -OCH3 is 1. The summed E-state index contributed by atoms with van der Waals surface area (Å²) in [6.45, 7) is 3.74. The second-order valence-electron chi connectivity index (χ2n) is 6.65. The van der Waals surface area contributed by atoms with E-state index in [9.17, 15) is 14.0 Å². The van der Waals surface area contributed by atoms with Gasteiger partial charge in [0.1, 0.15) is 5.82 Å². The number of hydrogen-bond donors (Lipinski definition) is 0. The quantitative estimate of drug-likeness (QED) is 0.759. The first-order valence-electron chi connectivity index (χ1n) is 8.97. The van der Waals surface area contributed by atoms with Gasteiger partial charge in [0.25, 0.3) is 0 Å². The van der Waals surface area contributed by atoms with E-state index in [0.717, 1.165) is 30.8 Å². The Kier molecular flexibility index (Phi) is 6.19. The Bertz CT molecular complexity index is 782. The Labute approximate surface area is 158 Å². The number of carbonyl (C=O) groups is 2. The van der Waals surface area contributed by atoms with Crippen molar-refractivity contribution in [1.82, 2.24) is 9.80 Å². The molecule has 5 nitrogen and oxygen atoms in total. The molecule has 1 saturated heterocycles. The molecule has 27 heavy (non-hydrogen) atoms. The lowest BCUT2D eigenvalue weighted by molar-refractivity contribution is -0.132. The molecule has 1 aliphatic heterocycles. The van der Waals surface area contributed by atoms with Gasteiger partial charge >= 0.3 is 5.97 Å². The second-order valence-corrected chi connectivity index (χ2v) is 6.65. The molecule has 0 aromatic heterocycles. The lowest BCUT2D eigenvalue weighted by Crippen LogP contribution is -2.48. The average molecular weight is 370 g/mol. The van der Waals surface area contributed by atoms with Crippen LogP contribution in [0.1, 0.15) is 21.5 Å². The zero-order chi connectivity index (χ0) is 19.2. The molecule has 3 rings (SSSR count). The number of amides is 1. The van der Waals surface area contributed by atoms with E-state index < -0.39 is 0 Å². The largest absolute Gasteiger partial charge is 0.465 e. The van der Waals surface area contributed by atoms with E-state index >= 15 is 0 Å². The normalized spacial score (nSPS) is 14.8. The van der Waals surface area contributed by atoms with Crippen molar-refractivity contribution in [2.45, 2.75) is 13.0 Å². The Morgan fingerprint density at radius 2 is 1.52 bits per heavy atom. The van der Waals surface area contributed by atoms with Gasteiger partial charge in [0.2, 0.25) is 5.91 Å². The number of esters is 1. The van der Waals surface area contributed by atoms with Crippen molar-refractivity contribution in [3.63, 3.8) is 0 Å². The van der Waals surface area contributed by atoms with Crippen LogP contribution < -0.4 is 0 Å². The smallest absolute Gasteiger partial charge is 0.337 e. The first kappa shape index (κ1) is 19.0. The van der Waals surface area contributed by atoms with E-state index in [1.807, 2.05) is 17.0 Å². The molecule has 1 heterocycles. The lowest BCUT2D eigenvalue weighted by atomic mass is 10.1. The minimum Gasteiger partial charge on any atom is -0.465 e. The summed E-state index contributed by atoms with van der Waals surface area (Å²) < 4.78 is 17.7. The molecule has 6 heteroatoms. The summed E-state index contributed by atoms with van der Waals surface area (Å²) in [5.74, 6) is -0.557. The zero-order valence-electron chi connectivity index (χ0n) is 15.4. The highest BCUT2D eigenvalue weighted by Crippen LogP contribution is 2.12. The van der Waals surface area contributed by atoms with Crippen LogP contribution in [0.4, 0.5) is 4.39 Å². The molecule has 1 aliphatic rings. The summed E-state index contributed by atoms with van der Waals surface area (Å²) in [5, 5.41) is 0. The minimum atomic E-state index is -0.338. The number of ether oxygens (including phenoxy) is 1. The third-order valence-corrected chi connectivity index (χ3v) is 4.77. The highest BCUT2D eigenvalue weighted by molar-refractivity contribution is 5.89. The molecule has 0 N–H and O–H groups in total. The van der Waals surface area contributed by atoms with Crippen molar-refractivity contribution in [2.75, 3.05) is 33.3 Å². The van der Waals surface area contributed by atoms with E-state index in [0.29, 0.717) is 25.1 Å². The number of hydrogen-bond acceptors (Lipinski definition) is 4. The van der Waals surface area contributed by atoms with Gasteiger partial charge in [0.05, 0.1) is 19.1 Å². The van der Waals surface area contributed by atoms with Crippen molar-refractivity contribution in [1.29, 1.82) is 0 Å². The molecule has 1 fully saturated rings. The summed E-state index contributed by atoms with van der Waals surface area (Å²) in [7, 11) is 1.37. The Balaban J connectivity index is 1.47. The van der Waals surface area contributed by atoms with Crippen molar-refractivity contribution >= 4 is 11.9 Å². The second kappa shape index (κ2) is 8.77. The third-order valence-electron chi connectivity index (χ3n) is 4.77. The molecule has 0 atom stereocenters. The molecule has 2 aromatic carbocycles. The Hall–Kier alpha value is -2.73. The van der Waals surface area contributed by atoms with Crippen molar-refractivity contribution in [3.05, 3.63) is 71.0 Å². The van der Waals surface area contributed by atoms with Gasteiger partial charge in [-0.15, -0.1) is 0 Å². The number of nitrogens with zero attached hydrogens (tertiary/aromatic N) is 2. The van der Waals surface area contributed by atoms with Crippen molar-refractivity contribution < 1.29 is 18.7 Å². The number of rotatable bonds is 5. The van der Waals surface area contributed by atoms with Crippen LogP contribution in [0.5, 0.6) is 0 Å². The minimum absolute atomic E-state index is 0.0729. The van der Waals surface area contributed by atoms with Crippen LogP contribution in [0.3, 0.4) is 0 Å². The fourth-order valence-corrected chi connectivity index (χ4v) is 3.17. The molecule has 0 saturated carbocycles. The molecule has 0 unspecified atom stereocenters. The number of benzene rings is 2. The van der Waals surface area contributed by atoms with Crippen LogP contribution >= 0.6 is 0 Å². The highest BCUT2D eigenvalue weighted by Gasteiger charge is 2.21. The molecule has 0 spiro atoms. The van der Waals surface area contributed by atoms with E-state index in [1.54, 1.807) is 24.3 Å². The van der Waals surface area contributed by atoms with Crippen molar-refractivity contribution in [3.8, 4) is 0 Å². The molecular formula is C21H23FN2O3. The van der Waals surface area contributed by atoms with Gasteiger partial charge < -0.3 is 9.64 Å². The molecule has 0 radical (unpaired) electrons. The predicted octanol–water partition coefficient (Wildman–Crippen LogP) is 2.50. The van der Waals surface area contributed by atoms with Gasteiger partial charge in [-0.3, -0.25) is 9.69 Å². The van der Waals surface area contributed by atoms with Crippen LogP contribution in [-0.4, -0.2) is 55.0 Å². The summed E-state index contributed by atoms with van der Waals surface area (Å²) in [6.07, 6.45) is 0.301. The zero-order valence-corrected chi connectivity index (χ0v) is 15.4. The van der Waals surface area contributed by atoms with Gasteiger partial charge in [0.15, 0.2) is 0 Å². The lowest BCUT2D eigenvalue weighted by Gasteiger charge is -2.34. The van der Waals surface area contributed by atoms with Crippen LogP contribution in [0.2, 0.25) is 0 Å². The Morgan fingerprint density at radius 3 is 2.11 bits per heavy atom. The maximum atomic E-state index is 13.0. The maximum Gasteiger partial charge on any atom is 0.337 e. The van der Waals surface area contributed by atoms with Gasteiger partial charge in [-0.1, -0.05) is 24.3 Å². The fraction of sp³-hybridized carbons (Fsp3) is 0.333. The van der Waals surface area contributed by atoms with Gasteiger partial charge in [-0.05, 0) is 35.4 Å². The summed E-state index contributed by atoms with van der Waals surface area (Å²) in [4.78, 5) is 28.0. The van der Waals surface area contributed by atoms with Gasteiger partial charge in [-0.2, -0.15) is 0 Å². The molecule has 2 aromatic rings. The number of carbonyl (C=O) groups excluding carboxylic acids is 2. The van der Waals surface area contributed by atoms with Crippen LogP contribution in [0, 0.1) is 5.82 Å². The molecule has 0 bridgehead atoms. The monoisotopic (exact) mass is 370 g/mol. The van der Waals surface area contributed by atoms with Gasteiger partial charge in [0, 0.05) is 32.7 Å². The first-order chi connectivity index (χ1) is 13.0. The molecule has 142 valence electrons. The van der Waals surface area contributed by atoms with Gasteiger partial charge in [-0.25, -0.2) is 9.18 Å². The number of halogens is 1. The highest BCUT2D eigenvalue weighted by atomic mass is 19.1. The molecule has 1 amide bonds. The van der Waals surface area contributed by atoms with E-state index in [-0.39, 0.29) is 17.7 Å². The summed E-state index contributed by atoms with van der Waals surface area (Å²) in [6, 6.07) is 13.5. The van der Waals surface area contributed by atoms with E-state index in [2.05, 4.69) is 4.90 Å².